The molecule has 0 bridgehead atoms. The lowest BCUT2D eigenvalue weighted by molar-refractivity contribution is -0.141. The summed E-state index contributed by atoms with van der Waals surface area (Å²) < 4.78 is 39.1. The van der Waals surface area contributed by atoms with Crippen LogP contribution in [0.15, 0.2) is 0 Å². The van der Waals surface area contributed by atoms with E-state index >= 15 is 0 Å². The Kier molecular flexibility index (Phi) is 4.27. The molecule has 0 atom stereocenters. The van der Waals surface area contributed by atoms with Crippen LogP contribution in [0.2, 0.25) is 5.02 Å². The molecule has 1 fully saturated rings. The van der Waals surface area contributed by atoms with E-state index in [2.05, 4.69) is 10.4 Å². The van der Waals surface area contributed by atoms with E-state index in [1.807, 2.05) is 0 Å². The van der Waals surface area contributed by atoms with E-state index in [1.54, 1.807) is 0 Å². The number of carbonyl (C=O) groups excluding carboxylic acids is 1. The Morgan fingerprint density at radius 3 is 2.65 bits per heavy atom. The van der Waals surface area contributed by atoms with Crippen LogP contribution in [0, 0.1) is 12.8 Å². The van der Waals surface area contributed by atoms with Gasteiger partial charge in [0.25, 0.3) is 0 Å². The van der Waals surface area contributed by atoms with Crippen molar-refractivity contribution in [1.29, 1.82) is 0 Å². The smallest absolute Gasteiger partial charge is 0.356 e. The maximum atomic E-state index is 12.6. The number of amides is 1. The van der Waals surface area contributed by atoms with Crippen molar-refractivity contribution in [1.82, 2.24) is 15.1 Å². The molecule has 1 N–H and O–H groups in total. The van der Waals surface area contributed by atoms with Crippen molar-refractivity contribution in [2.24, 2.45) is 5.92 Å². The molecule has 20 heavy (non-hydrogen) atoms. The second kappa shape index (κ2) is 5.63. The van der Waals surface area contributed by atoms with E-state index in [0.717, 1.165) is 12.8 Å². The van der Waals surface area contributed by atoms with Gasteiger partial charge >= 0.3 is 6.18 Å². The molecule has 0 saturated heterocycles. The van der Waals surface area contributed by atoms with Gasteiger partial charge in [-0.2, -0.15) is 18.3 Å². The summed E-state index contributed by atoms with van der Waals surface area (Å²) in [5.41, 5.74) is -0.772. The summed E-state index contributed by atoms with van der Waals surface area (Å²) in [4.78, 5) is 11.4. The van der Waals surface area contributed by atoms with E-state index in [4.69, 9.17) is 11.6 Å². The van der Waals surface area contributed by atoms with Crippen molar-refractivity contribution in [2.45, 2.75) is 38.9 Å². The lowest BCUT2D eigenvalue weighted by atomic mass is 10.3. The summed E-state index contributed by atoms with van der Waals surface area (Å²) >= 11 is 5.64. The van der Waals surface area contributed by atoms with Crippen molar-refractivity contribution >= 4 is 17.5 Å². The molecule has 0 spiro atoms. The van der Waals surface area contributed by atoms with Gasteiger partial charge in [0.05, 0.1) is 10.7 Å². The van der Waals surface area contributed by atoms with Gasteiger partial charge in [-0.1, -0.05) is 11.6 Å². The Balaban J connectivity index is 1.88. The Bertz CT molecular complexity index is 509. The lowest BCUT2D eigenvalue weighted by Crippen LogP contribution is -2.26. The molecule has 1 aromatic rings. The van der Waals surface area contributed by atoms with E-state index in [1.165, 1.54) is 11.6 Å². The average Bonchev–Trinajstić information content (AvgIpc) is 3.15. The molecule has 0 aliphatic heterocycles. The summed E-state index contributed by atoms with van der Waals surface area (Å²) in [6, 6.07) is 0. The number of nitrogens with one attached hydrogen (secondary N) is 1. The van der Waals surface area contributed by atoms with Gasteiger partial charge in [0.15, 0.2) is 5.69 Å². The minimum absolute atomic E-state index is 0.0243. The van der Waals surface area contributed by atoms with E-state index < -0.39 is 11.9 Å². The van der Waals surface area contributed by atoms with E-state index in [0.29, 0.717) is 13.0 Å². The second-order valence-electron chi connectivity index (χ2n) is 4.89. The summed E-state index contributed by atoms with van der Waals surface area (Å²) in [7, 11) is 0. The zero-order valence-electron chi connectivity index (χ0n) is 10.9. The van der Waals surface area contributed by atoms with Crippen LogP contribution in [-0.4, -0.2) is 22.2 Å². The van der Waals surface area contributed by atoms with Crippen LogP contribution in [0.25, 0.3) is 0 Å². The zero-order chi connectivity index (χ0) is 14.9. The third kappa shape index (κ3) is 3.45. The first-order chi connectivity index (χ1) is 9.30. The standard InChI is InChI=1S/C12H15ClF3N3O/c1-7-9(13)10(12(14,15)16)18-19(7)6-2-5-17-11(20)8-3-4-8/h8H,2-6H2,1H3,(H,17,20). The first-order valence-corrected chi connectivity index (χ1v) is 6.76. The highest BCUT2D eigenvalue weighted by Crippen LogP contribution is 2.35. The van der Waals surface area contributed by atoms with Crippen molar-refractivity contribution < 1.29 is 18.0 Å². The normalized spacial score (nSPS) is 15.4. The van der Waals surface area contributed by atoms with Gasteiger partial charge in [0.2, 0.25) is 5.91 Å². The molecule has 8 heteroatoms. The van der Waals surface area contributed by atoms with Crippen molar-refractivity contribution in [2.75, 3.05) is 6.54 Å². The highest BCUT2D eigenvalue weighted by Gasteiger charge is 2.38. The van der Waals surface area contributed by atoms with E-state index in [9.17, 15) is 18.0 Å². The molecule has 1 aliphatic rings. The highest BCUT2D eigenvalue weighted by molar-refractivity contribution is 6.31. The number of hydrogen-bond acceptors (Lipinski definition) is 2. The first-order valence-electron chi connectivity index (χ1n) is 6.38. The molecule has 4 nitrogen and oxygen atoms in total. The average molecular weight is 310 g/mol. The first kappa shape index (κ1) is 15.2. The lowest BCUT2D eigenvalue weighted by Gasteiger charge is -2.06. The summed E-state index contributed by atoms with van der Waals surface area (Å²) in [6.45, 7) is 2.20. The number of nitrogens with zero attached hydrogens (tertiary/aromatic N) is 2. The van der Waals surface area contributed by atoms with Crippen LogP contribution in [0.1, 0.15) is 30.7 Å². The Morgan fingerprint density at radius 1 is 1.50 bits per heavy atom. The summed E-state index contributed by atoms with van der Waals surface area (Å²) in [5, 5.41) is 5.88. The molecular weight excluding hydrogens is 295 g/mol. The van der Waals surface area contributed by atoms with Crippen molar-refractivity contribution in [3.8, 4) is 0 Å². The van der Waals surface area contributed by atoms with Crippen molar-refractivity contribution in [3.63, 3.8) is 0 Å². The molecule has 1 heterocycles. The predicted molar refractivity (Wildman–Crippen MR) is 67.3 cm³/mol. The molecule has 1 saturated carbocycles. The molecule has 0 unspecified atom stereocenters. The van der Waals surface area contributed by atoms with Crippen LogP contribution >= 0.6 is 11.6 Å². The number of aromatic nitrogens is 2. The van der Waals surface area contributed by atoms with Crippen LogP contribution in [0.5, 0.6) is 0 Å². The number of rotatable bonds is 5. The maximum Gasteiger partial charge on any atom is 0.436 e. The Hall–Kier alpha value is -1.24. The number of carbonyl (C=O) groups is 1. The molecule has 2 rings (SSSR count). The Morgan fingerprint density at radius 2 is 2.15 bits per heavy atom. The minimum Gasteiger partial charge on any atom is -0.356 e. The van der Waals surface area contributed by atoms with Crippen LogP contribution in [0.4, 0.5) is 13.2 Å². The predicted octanol–water partition coefficient (Wildman–Crippen LogP) is 2.78. The third-order valence-electron chi connectivity index (χ3n) is 3.20. The number of aryl methyl sites for hydroxylation is 1. The van der Waals surface area contributed by atoms with Crippen LogP contribution in [-0.2, 0) is 17.5 Å². The number of halogens is 4. The fraction of sp³-hybridized carbons (Fsp3) is 0.667. The third-order valence-corrected chi connectivity index (χ3v) is 3.65. The molecule has 112 valence electrons. The van der Waals surface area contributed by atoms with Gasteiger partial charge < -0.3 is 5.32 Å². The molecule has 1 aromatic heterocycles. The SMILES string of the molecule is Cc1c(Cl)c(C(F)(F)F)nn1CCCNC(=O)C1CC1. The molecular formula is C12H15ClF3N3O. The monoisotopic (exact) mass is 309 g/mol. The summed E-state index contributed by atoms with van der Waals surface area (Å²) in [6.07, 6.45) is -2.19. The van der Waals surface area contributed by atoms with Crippen molar-refractivity contribution in [3.05, 3.63) is 16.4 Å². The molecule has 1 amide bonds. The van der Waals surface area contributed by atoms with Crippen LogP contribution < -0.4 is 5.32 Å². The fourth-order valence-corrected chi connectivity index (χ4v) is 2.10. The number of hydrogen-bond donors (Lipinski definition) is 1. The summed E-state index contributed by atoms with van der Waals surface area (Å²) in [5.74, 6) is 0.156. The Labute approximate surface area is 119 Å². The van der Waals surface area contributed by atoms with E-state index in [-0.39, 0.29) is 29.1 Å². The van der Waals surface area contributed by atoms with Gasteiger partial charge in [-0.05, 0) is 26.2 Å². The topological polar surface area (TPSA) is 46.9 Å². The molecule has 0 radical (unpaired) electrons. The van der Waals surface area contributed by atoms with Crippen LogP contribution in [0.3, 0.4) is 0 Å². The van der Waals surface area contributed by atoms with Gasteiger partial charge in [-0.25, -0.2) is 0 Å². The largest absolute Gasteiger partial charge is 0.436 e. The molecule has 0 aromatic carbocycles. The molecule has 1 aliphatic carbocycles. The van der Waals surface area contributed by atoms with Gasteiger partial charge in [-0.15, -0.1) is 0 Å². The fourth-order valence-electron chi connectivity index (χ4n) is 1.85. The van der Waals surface area contributed by atoms with Gasteiger partial charge in [-0.3, -0.25) is 9.48 Å². The highest BCUT2D eigenvalue weighted by atomic mass is 35.5. The maximum absolute atomic E-state index is 12.6. The minimum atomic E-state index is -4.55. The quantitative estimate of drug-likeness (QED) is 0.850. The van der Waals surface area contributed by atoms with Gasteiger partial charge in [0, 0.05) is 19.0 Å². The van der Waals surface area contributed by atoms with Gasteiger partial charge in [0.1, 0.15) is 0 Å². The second-order valence-corrected chi connectivity index (χ2v) is 5.27. The zero-order valence-corrected chi connectivity index (χ0v) is 11.7. The number of alkyl halides is 3.